The number of benzene rings is 1. The predicted octanol–water partition coefficient (Wildman–Crippen LogP) is 3.62. The number of hydrogen-bond acceptors (Lipinski definition) is 3. The van der Waals surface area contributed by atoms with Crippen molar-refractivity contribution in [3.63, 3.8) is 0 Å². The van der Waals surface area contributed by atoms with E-state index in [1.807, 2.05) is 19.1 Å². The minimum absolute atomic E-state index is 0. The fraction of sp³-hybridized carbons (Fsp3) is 0.611. The number of alkyl halides is 2. The van der Waals surface area contributed by atoms with Crippen molar-refractivity contribution in [1.82, 2.24) is 15.5 Å². The lowest BCUT2D eigenvalue weighted by Crippen LogP contribution is -2.50. The molecule has 154 valence electrons. The van der Waals surface area contributed by atoms with Crippen LogP contribution in [0.15, 0.2) is 29.3 Å². The van der Waals surface area contributed by atoms with Gasteiger partial charge in [0.25, 0.3) is 6.43 Å². The molecule has 1 aromatic rings. The van der Waals surface area contributed by atoms with Crippen LogP contribution in [0.1, 0.15) is 19.8 Å². The number of likely N-dealkylation sites (tertiary alicyclic amines) is 1. The smallest absolute Gasteiger partial charge is 0.251 e. The summed E-state index contributed by atoms with van der Waals surface area (Å²) in [6, 6.07) is 7.48. The van der Waals surface area contributed by atoms with Gasteiger partial charge >= 0.3 is 0 Å². The molecule has 27 heavy (non-hydrogen) atoms. The summed E-state index contributed by atoms with van der Waals surface area (Å²) in [5.41, 5.74) is 0. The van der Waals surface area contributed by atoms with Crippen LogP contribution in [0.25, 0.3) is 0 Å². The average Bonchev–Trinajstić information content (AvgIpc) is 2.61. The lowest BCUT2D eigenvalue weighted by molar-refractivity contribution is 0.0744. The molecule has 1 unspecified atom stereocenters. The van der Waals surface area contributed by atoms with Crippen LogP contribution in [-0.4, -0.2) is 62.7 Å². The first-order chi connectivity index (χ1) is 12.5. The Hall–Kier alpha value is -0.870. The summed E-state index contributed by atoms with van der Waals surface area (Å²) < 4.78 is 30.7. The molecule has 1 aromatic carbocycles. The van der Waals surface area contributed by atoms with Crippen molar-refractivity contribution in [3.8, 4) is 5.75 Å². The SMILES string of the molecule is CN=C(NCC(C)Oc1ccc(Cl)cc1)NC1CCN(CC(F)F)CC1.I. The highest BCUT2D eigenvalue weighted by Crippen LogP contribution is 2.16. The molecular weight excluding hydrogens is 489 g/mol. The number of ether oxygens (including phenoxy) is 1. The Balaban J connectivity index is 0.00000364. The van der Waals surface area contributed by atoms with Gasteiger partial charge in [-0.1, -0.05) is 11.6 Å². The zero-order chi connectivity index (χ0) is 18.9. The van der Waals surface area contributed by atoms with Crippen molar-refractivity contribution in [2.24, 2.45) is 4.99 Å². The zero-order valence-corrected chi connectivity index (χ0v) is 18.7. The summed E-state index contributed by atoms with van der Waals surface area (Å²) >= 11 is 5.86. The number of piperidine rings is 1. The second kappa shape index (κ2) is 12.6. The Kier molecular flexibility index (Phi) is 11.2. The van der Waals surface area contributed by atoms with E-state index in [1.165, 1.54) is 0 Å². The fourth-order valence-electron chi connectivity index (χ4n) is 2.87. The molecule has 0 bridgehead atoms. The molecule has 1 atom stereocenters. The first kappa shape index (κ1) is 24.2. The van der Waals surface area contributed by atoms with E-state index in [4.69, 9.17) is 16.3 Å². The maximum atomic E-state index is 12.4. The zero-order valence-electron chi connectivity index (χ0n) is 15.6. The molecule has 1 aliphatic rings. The van der Waals surface area contributed by atoms with Crippen LogP contribution < -0.4 is 15.4 Å². The highest BCUT2D eigenvalue weighted by atomic mass is 127. The standard InChI is InChI=1S/C18H27ClF2N4O.HI/c1-13(26-16-5-3-14(19)4-6-16)11-23-18(22-2)24-15-7-9-25(10-8-15)12-17(20)21;/h3-6,13,15,17H,7-12H2,1-2H3,(H2,22,23,24);1H. The predicted molar refractivity (Wildman–Crippen MR) is 117 cm³/mol. The Morgan fingerprint density at radius 2 is 1.93 bits per heavy atom. The van der Waals surface area contributed by atoms with Crippen LogP contribution in [0.4, 0.5) is 8.78 Å². The van der Waals surface area contributed by atoms with E-state index in [9.17, 15) is 8.78 Å². The average molecular weight is 517 g/mol. The van der Waals surface area contributed by atoms with Gasteiger partial charge in [-0.2, -0.15) is 0 Å². The van der Waals surface area contributed by atoms with E-state index in [-0.39, 0.29) is 42.7 Å². The van der Waals surface area contributed by atoms with Gasteiger partial charge in [-0.25, -0.2) is 8.78 Å². The van der Waals surface area contributed by atoms with Gasteiger partial charge in [-0.15, -0.1) is 24.0 Å². The Morgan fingerprint density at radius 3 is 2.48 bits per heavy atom. The van der Waals surface area contributed by atoms with Crippen molar-refractivity contribution in [1.29, 1.82) is 0 Å². The number of nitrogens with zero attached hydrogens (tertiary/aromatic N) is 2. The molecule has 0 radical (unpaired) electrons. The topological polar surface area (TPSA) is 48.9 Å². The number of nitrogens with one attached hydrogen (secondary N) is 2. The van der Waals surface area contributed by atoms with Gasteiger partial charge in [0, 0.05) is 31.2 Å². The van der Waals surface area contributed by atoms with E-state index < -0.39 is 6.43 Å². The Labute approximate surface area is 181 Å². The minimum atomic E-state index is -2.27. The summed E-state index contributed by atoms with van der Waals surface area (Å²) in [6.45, 7) is 3.77. The third-order valence-electron chi connectivity index (χ3n) is 4.26. The molecule has 5 nitrogen and oxygen atoms in total. The van der Waals surface area contributed by atoms with Crippen LogP contribution in [-0.2, 0) is 0 Å². The van der Waals surface area contributed by atoms with Crippen LogP contribution in [0.2, 0.25) is 5.02 Å². The number of aliphatic imine (C=N–C) groups is 1. The van der Waals surface area contributed by atoms with Crippen molar-refractivity contribution >= 4 is 41.5 Å². The van der Waals surface area contributed by atoms with Gasteiger partial charge in [0.05, 0.1) is 13.1 Å². The van der Waals surface area contributed by atoms with Gasteiger partial charge in [-0.3, -0.25) is 9.89 Å². The third-order valence-corrected chi connectivity index (χ3v) is 4.51. The third kappa shape index (κ3) is 9.25. The first-order valence-corrected chi connectivity index (χ1v) is 9.24. The molecule has 9 heteroatoms. The molecular formula is C18H28ClF2IN4O. The first-order valence-electron chi connectivity index (χ1n) is 8.86. The van der Waals surface area contributed by atoms with E-state index in [0.717, 1.165) is 18.6 Å². The maximum Gasteiger partial charge on any atom is 0.251 e. The molecule has 1 aliphatic heterocycles. The largest absolute Gasteiger partial charge is 0.489 e. The second-order valence-electron chi connectivity index (χ2n) is 6.45. The molecule has 0 aromatic heterocycles. The number of halogens is 4. The Bertz CT molecular complexity index is 569. The molecule has 2 N–H and O–H groups in total. The summed E-state index contributed by atoms with van der Waals surface area (Å²) in [4.78, 5) is 6.03. The highest BCUT2D eigenvalue weighted by Gasteiger charge is 2.22. The van der Waals surface area contributed by atoms with Gasteiger partial charge in [-0.05, 0) is 44.0 Å². The van der Waals surface area contributed by atoms with Crippen molar-refractivity contribution in [3.05, 3.63) is 29.3 Å². The van der Waals surface area contributed by atoms with Crippen molar-refractivity contribution in [2.75, 3.05) is 33.2 Å². The summed E-state index contributed by atoms with van der Waals surface area (Å²) in [7, 11) is 1.71. The Morgan fingerprint density at radius 1 is 1.30 bits per heavy atom. The van der Waals surface area contributed by atoms with E-state index in [0.29, 0.717) is 30.6 Å². The molecule has 2 rings (SSSR count). The summed E-state index contributed by atoms with van der Waals surface area (Å²) in [5, 5.41) is 7.28. The molecule has 0 saturated carbocycles. The minimum Gasteiger partial charge on any atom is -0.489 e. The fourth-order valence-corrected chi connectivity index (χ4v) is 3.00. The van der Waals surface area contributed by atoms with Crippen LogP contribution in [0.3, 0.4) is 0 Å². The lowest BCUT2D eigenvalue weighted by atomic mass is 10.1. The van der Waals surface area contributed by atoms with E-state index in [1.54, 1.807) is 24.1 Å². The van der Waals surface area contributed by atoms with Crippen LogP contribution in [0.5, 0.6) is 5.75 Å². The molecule has 0 amide bonds. The van der Waals surface area contributed by atoms with E-state index in [2.05, 4.69) is 15.6 Å². The molecule has 1 fully saturated rings. The monoisotopic (exact) mass is 516 g/mol. The molecule has 1 heterocycles. The molecule has 0 aliphatic carbocycles. The van der Waals surface area contributed by atoms with Gasteiger partial charge in [0.15, 0.2) is 5.96 Å². The normalized spacial score (nSPS) is 17.3. The van der Waals surface area contributed by atoms with Crippen LogP contribution >= 0.6 is 35.6 Å². The van der Waals surface area contributed by atoms with Gasteiger partial charge in [0.1, 0.15) is 11.9 Å². The number of hydrogen-bond donors (Lipinski definition) is 2. The molecule has 0 spiro atoms. The summed E-state index contributed by atoms with van der Waals surface area (Å²) in [5.74, 6) is 1.46. The highest BCUT2D eigenvalue weighted by molar-refractivity contribution is 14.0. The second-order valence-corrected chi connectivity index (χ2v) is 6.88. The van der Waals surface area contributed by atoms with Gasteiger partial charge in [0.2, 0.25) is 0 Å². The maximum absolute atomic E-state index is 12.4. The van der Waals surface area contributed by atoms with Crippen molar-refractivity contribution < 1.29 is 13.5 Å². The van der Waals surface area contributed by atoms with Crippen LogP contribution in [0, 0.1) is 0 Å². The number of rotatable bonds is 7. The quantitative estimate of drug-likeness (QED) is 0.330. The lowest BCUT2D eigenvalue weighted by Gasteiger charge is -2.32. The van der Waals surface area contributed by atoms with Gasteiger partial charge < -0.3 is 15.4 Å². The van der Waals surface area contributed by atoms with E-state index >= 15 is 0 Å². The van der Waals surface area contributed by atoms with Crippen molar-refractivity contribution in [2.45, 2.75) is 38.3 Å². The summed E-state index contributed by atoms with van der Waals surface area (Å²) in [6.07, 6.45) is -0.673. The number of guanidine groups is 1. The molecule has 1 saturated heterocycles.